The second-order valence-electron chi connectivity index (χ2n) is 5.58. The molecular formula is C16H15FN6O. The van der Waals surface area contributed by atoms with E-state index in [0.717, 1.165) is 5.82 Å². The molecule has 0 saturated carbocycles. The quantitative estimate of drug-likeness (QED) is 0.708. The minimum Gasteiger partial charge on any atom is -0.352 e. The van der Waals surface area contributed by atoms with E-state index in [-0.39, 0.29) is 11.5 Å². The fourth-order valence-electron chi connectivity index (χ4n) is 2.83. The van der Waals surface area contributed by atoms with Gasteiger partial charge in [0.25, 0.3) is 5.91 Å². The number of benzene rings is 1. The average molecular weight is 326 g/mol. The predicted molar refractivity (Wildman–Crippen MR) is 85.3 cm³/mol. The van der Waals surface area contributed by atoms with E-state index in [1.807, 2.05) is 12.1 Å². The lowest BCUT2D eigenvalue weighted by Crippen LogP contribution is -2.49. The molecule has 7 nitrogen and oxygen atoms in total. The molecule has 0 aliphatic carbocycles. The minimum atomic E-state index is -0.482. The Bertz CT molecular complexity index is 887. The molecular weight excluding hydrogens is 311 g/mol. The molecule has 0 unspecified atom stereocenters. The average Bonchev–Trinajstić information content (AvgIpc) is 3.09. The number of anilines is 1. The second-order valence-corrected chi connectivity index (χ2v) is 5.58. The van der Waals surface area contributed by atoms with Crippen molar-refractivity contribution in [3.8, 4) is 0 Å². The van der Waals surface area contributed by atoms with Crippen LogP contribution in [-0.2, 0) is 0 Å². The number of hydrogen-bond acceptors (Lipinski definition) is 5. The first kappa shape index (κ1) is 14.6. The summed E-state index contributed by atoms with van der Waals surface area (Å²) in [5.74, 6) is 0.0555. The highest BCUT2D eigenvalue weighted by molar-refractivity contribution is 5.94. The summed E-state index contributed by atoms with van der Waals surface area (Å²) >= 11 is 0. The zero-order chi connectivity index (χ0) is 16.5. The fraction of sp³-hybridized carbons (Fsp3) is 0.250. The highest BCUT2D eigenvalue weighted by atomic mass is 19.1. The third kappa shape index (κ3) is 2.55. The van der Waals surface area contributed by atoms with E-state index >= 15 is 0 Å². The SMILES string of the molecule is O=C(c1ccccc1F)N1CCN(c2ccc3nncn3n2)CC1. The number of aromatic nitrogens is 4. The monoisotopic (exact) mass is 326 g/mol. The van der Waals surface area contributed by atoms with Crippen LogP contribution in [0.1, 0.15) is 10.4 Å². The highest BCUT2D eigenvalue weighted by Crippen LogP contribution is 2.16. The Kier molecular flexibility index (Phi) is 3.56. The summed E-state index contributed by atoms with van der Waals surface area (Å²) in [5, 5.41) is 12.2. The van der Waals surface area contributed by atoms with Crippen molar-refractivity contribution in [1.29, 1.82) is 0 Å². The van der Waals surface area contributed by atoms with Gasteiger partial charge in [0, 0.05) is 26.2 Å². The number of rotatable bonds is 2. The molecule has 1 aliphatic heterocycles. The zero-order valence-electron chi connectivity index (χ0n) is 12.8. The van der Waals surface area contributed by atoms with Gasteiger partial charge in [-0.2, -0.15) is 4.52 Å². The van der Waals surface area contributed by atoms with Crippen LogP contribution in [0.15, 0.2) is 42.7 Å². The molecule has 4 rings (SSSR count). The van der Waals surface area contributed by atoms with Crippen molar-refractivity contribution in [3.05, 3.63) is 54.1 Å². The molecule has 0 radical (unpaired) electrons. The molecule has 1 fully saturated rings. The first-order valence-corrected chi connectivity index (χ1v) is 7.68. The van der Waals surface area contributed by atoms with Crippen LogP contribution in [0.2, 0.25) is 0 Å². The largest absolute Gasteiger partial charge is 0.352 e. The van der Waals surface area contributed by atoms with Gasteiger partial charge in [-0.05, 0) is 24.3 Å². The van der Waals surface area contributed by atoms with Gasteiger partial charge in [-0.15, -0.1) is 15.3 Å². The van der Waals surface area contributed by atoms with Crippen molar-refractivity contribution in [3.63, 3.8) is 0 Å². The summed E-state index contributed by atoms with van der Waals surface area (Å²) < 4.78 is 15.4. The zero-order valence-corrected chi connectivity index (χ0v) is 12.8. The van der Waals surface area contributed by atoms with E-state index in [4.69, 9.17) is 0 Å². The molecule has 0 atom stereocenters. The van der Waals surface area contributed by atoms with Gasteiger partial charge in [0.1, 0.15) is 18.0 Å². The Hall–Kier alpha value is -3.03. The third-order valence-electron chi connectivity index (χ3n) is 4.14. The van der Waals surface area contributed by atoms with E-state index in [2.05, 4.69) is 20.2 Å². The summed E-state index contributed by atoms with van der Waals surface area (Å²) in [4.78, 5) is 16.2. The fourth-order valence-corrected chi connectivity index (χ4v) is 2.83. The van der Waals surface area contributed by atoms with Gasteiger partial charge < -0.3 is 9.80 Å². The molecule has 3 heterocycles. The summed E-state index contributed by atoms with van der Waals surface area (Å²) in [6.07, 6.45) is 1.55. The summed E-state index contributed by atoms with van der Waals surface area (Å²) in [6, 6.07) is 9.82. The van der Waals surface area contributed by atoms with E-state index in [0.29, 0.717) is 31.8 Å². The van der Waals surface area contributed by atoms with Gasteiger partial charge in [0.05, 0.1) is 5.56 Å². The van der Waals surface area contributed by atoms with Gasteiger partial charge in [0.15, 0.2) is 5.65 Å². The summed E-state index contributed by atoms with van der Waals surface area (Å²) in [6.45, 7) is 2.33. The summed E-state index contributed by atoms with van der Waals surface area (Å²) in [7, 11) is 0. The van der Waals surface area contributed by atoms with Crippen molar-refractivity contribution in [2.75, 3.05) is 31.1 Å². The minimum absolute atomic E-state index is 0.120. The van der Waals surface area contributed by atoms with Crippen molar-refractivity contribution in [2.45, 2.75) is 0 Å². The number of piperazine rings is 1. The molecule has 1 aromatic carbocycles. The number of halogens is 1. The van der Waals surface area contributed by atoms with Crippen LogP contribution in [-0.4, -0.2) is 56.8 Å². The maximum Gasteiger partial charge on any atom is 0.256 e. The van der Waals surface area contributed by atoms with Crippen LogP contribution < -0.4 is 4.90 Å². The first-order valence-electron chi connectivity index (χ1n) is 7.68. The van der Waals surface area contributed by atoms with Crippen LogP contribution in [0, 0.1) is 5.82 Å². The molecule has 122 valence electrons. The maximum atomic E-state index is 13.8. The van der Waals surface area contributed by atoms with Crippen molar-refractivity contribution < 1.29 is 9.18 Å². The van der Waals surface area contributed by atoms with Gasteiger partial charge in [-0.25, -0.2) is 4.39 Å². The third-order valence-corrected chi connectivity index (χ3v) is 4.14. The Morgan fingerprint density at radius 1 is 1.04 bits per heavy atom. The predicted octanol–water partition coefficient (Wildman–Crippen LogP) is 1.23. The molecule has 0 N–H and O–H groups in total. The van der Waals surface area contributed by atoms with Gasteiger partial charge in [0.2, 0.25) is 0 Å². The Morgan fingerprint density at radius 3 is 2.62 bits per heavy atom. The number of carbonyl (C=O) groups is 1. The number of hydrogen-bond donors (Lipinski definition) is 0. The van der Waals surface area contributed by atoms with Crippen LogP contribution in [0.3, 0.4) is 0 Å². The topological polar surface area (TPSA) is 66.6 Å². The van der Waals surface area contributed by atoms with Crippen molar-refractivity contribution in [1.82, 2.24) is 24.7 Å². The molecule has 0 bridgehead atoms. The maximum absolute atomic E-state index is 13.8. The molecule has 1 aliphatic rings. The van der Waals surface area contributed by atoms with Crippen molar-refractivity contribution >= 4 is 17.4 Å². The lowest BCUT2D eigenvalue weighted by atomic mass is 10.1. The highest BCUT2D eigenvalue weighted by Gasteiger charge is 2.24. The van der Waals surface area contributed by atoms with E-state index in [9.17, 15) is 9.18 Å². The molecule has 2 aromatic heterocycles. The van der Waals surface area contributed by atoms with Crippen LogP contribution in [0.5, 0.6) is 0 Å². The number of fused-ring (bicyclic) bond motifs is 1. The van der Waals surface area contributed by atoms with E-state index in [1.165, 1.54) is 12.1 Å². The number of amides is 1. The summed E-state index contributed by atoms with van der Waals surface area (Å²) in [5.41, 5.74) is 0.808. The van der Waals surface area contributed by atoms with Gasteiger partial charge >= 0.3 is 0 Å². The second kappa shape index (κ2) is 5.88. The standard InChI is InChI=1S/C16H15FN6O/c17-13-4-2-1-3-12(13)16(24)22-9-7-21(8-10-22)15-6-5-14-19-18-11-23(14)20-15/h1-6,11H,7-10H2. The Balaban J connectivity index is 1.46. The first-order chi connectivity index (χ1) is 11.7. The van der Waals surface area contributed by atoms with Gasteiger partial charge in [-0.1, -0.05) is 12.1 Å². The van der Waals surface area contributed by atoms with Crippen LogP contribution in [0.25, 0.3) is 5.65 Å². The Morgan fingerprint density at radius 2 is 1.83 bits per heavy atom. The van der Waals surface area contributed by atoms with Crippen LogP contribution >= 0.6 is 0 Å². The molecule has 8 heteroatoms. The Labute approximate surface area is 137 Å². The normalized spacial score (nSPS) is 15.0. The molecule has 1 saturated heterocycles. The molecule has 3 aromatic rings. The number of nitrogens with zero attached hydrogens (tertiary/aromatic N) is 6. The molecule has 0 spiro atoms. The molecule has 24 heavy (non-hydrogen) atoms. The lowest BCUT2D eigenvalue weighted by Gasteiger charge is -2.35. The van der Waals surface area contributed by atoms with Gasteiger partial charge in [-0.3, -0.25) is 4.79 Å². The lowest BCUT2D eigenvalue weighted by molar-refractivity contribution is 0.0741. The van der Waals surface area contributed by atoms with E-state index in [1.54, 1.807) is 27.9 Å². The van der Waals surface area contributed by atoms with Crippen molar-refractivity contribution in [2.24, 2.45) is 0 Å². The van der Waals surface area contributed by atoms with Crippen LogP contribution in [0.4, 0.5) is 10.2 Å². The smallest absolute Gasteiger partial charge is 0.256 e. The van der Waals surface area contributed by atoms with E-state index < -0.39 is 5.82 Å². The molecule has 1 amide bonds. The number of carbonyl (C=O) groups excluding carboxylic acids is 1.